The largest absolute Gasteiger partial charge is 0.444 e. The Morgan fingerprint density at radius 2 is 1.56 bits per heavy atom. The van der Waals surface area contributed by atoms with Gasteiger partial charge in [0.2, 0.25) is 0 Å². The summed E-state index contributed by atoms with van der Waals surface area (Å²) < 4.78 is 5.40. The molecule has 1 saturated heterocycles. The van der Waals surface area contributed by atoms with Gasteiger partial charge >= 0.3 is 6.09 Å². The summed E-state index contributed by atoms with van der Waals surface area (Å²) in [5.74, 6) is 0.0120. The second kappa shape index (κ2) is 8.63. The SMILES string of the molecule is CCN(c1ccc(C(=O)N2CCN(C(=O)OC(C)(C)C)CC2)cc1)C(C)C. The van der Waals surface area contributed by atoms with Crippen molar-refractivity contribution in [1.29, 1.82) is 0 Å². The van der Waals surface area contributed by atoms with Gasteiger partial charge in [-0.15, -0.1) is 0 Å². The molecular formula is C21H33N3O3. The molecule has 0 aliphatic carbocycles. The first kappa shape index (κ1) is 21.1. The molecule has 1 heterocycles. The van der Waals surface area contributed by atoms with Crippen LogP contribution in [0.3, 0.4) is 0 Å². The Labute approximate surface area is 163 Å². The Balaban J connectivity index is 1.95. The van der Waals surface area contributed by atoms with Crippen molar-refractivity contribution in [2.24, 2.45) is 0 Å². The number of amides is 2. The lowest BCUT2D eigenvalue weighted by atomic mass is 10.1. The third-order valence-electron chi connectivity index (χ3n) is 4.63. The van der Waals surface area contributed by atoms with Crippen LogP contribution in [0.25, 0.3) is 0 Å². The molecule has 1 aromatic rings. The highest BCUT2D eigenvalue weighted by Crippen LogP contribution is 2.19. The quantitative estimate of drug-likeness (QED) is 0.807. The number of ether oxygens (including phenoxy) is 1. The van der Waals surface area contributed by atoms with Gasteiger partial charge in [-0.25, -0.2) is 4.79 Å². The van der Waals surface area contributed by atoms with E-state index in [1.807, 2.05) is 45.0 Å². The van der Waals surface area contributed by atoms with Gasteiger partial charge in [-0.2, -0.15) is 0 Å². The van der Waals surface area contributed by atoms with Crippen molar-refractivity contribution in [2.75, 3.05) is 37.6 Å². The number of piperazine rings is 1. The van der Waals surface area contributed by atoms with Crippen LogP contribution in [0.4, 0.5) is 10.5 Å². The topological polar surface area (TPSA) is 53.1 Å². The summed E-state index contributed by atoms with van der Waals surface area (Å²) in [5, 5.41) is 0. The summed E-state index contributed by atoms with van der Waals surface area (Å²) in [4.78, 5) is 30.7. The van der Waals surface area contributed by atoms with E-state index in [1.54, 1.807) is 9.80 Å². The summed E-state index contributed by atoms with van der Waals surface area (Å²) in [7, 11) is 0. The summed E-state index contributed by atoms with van der Waals surface area (Å²) in [6.45, 7) is 15.0. The molecule has 6 heteroatoms. The van der Waals surface area contributed by atoms with Crippen molar-refractivity contribution < 1.29 is 14.3 Å². The Bertz CT molecular complexity index is 642. The lowest BCUT2D eigenvalue weighted by molar-refractivity contribution is 0.0141. The molecule has 0 unspecified atom stereocenters. The molecular weight excluding hydrogens is 342 g/mol. The fraction of sp³-hybridized carbons (Fsp3) is 0.619. The van der Waals surface area contributed by atoms with Gasteiger partial charge < -0.3 is 19.4 Å². The molecule has 0 spiro atoms. The van der Waals surface area contributed by atoms with E-state index >= 15 is 0 Å². The summed E-state index contributed by atoms with van der Waals surface area (Å²) >= 11 is 0. The van der Waals surface area contributed by atoms with E-state index in [1.165, 1.54) is 0 Å². The predicted octanol–water partition coefficient (Wildman–Crippen LogP) is 3.61. The van der Waals surface area contributed by atoms with E-state index in [-0.39, 0.29) is 12.0 Å². The molecule has 0 atom stereocenters. The molecule has 6 nitrogen and oxygen atoms in total. The Morgan fingerprint density at radius 3 is 2.00 bits per heavy atom. The molecule has 150 valence electrons. The molecule has 2 amide bonds. The van der Waals surface area contributed by atoms with Crippen LogP contribution in [0.1, 0.15) is 51.9 Å². The van der Waals surface area contributed by atoms with E-state index in [0.29, 0.717) is 37.8 Å². The summed E-state index contributed by atoms with van der Waals surface area (Å²) in [6.07, 6.45) is -0.313. The Morgan fingerprint density at radius 1 is 1.04 bits per heavy atom. The number of benzene rings is 1. The first-order valence-corrected chi connectivity index (χ1v) is 9.76. The van der Waals surface area contributed by atoms with Gasteiger partial charge in [0.25, 0.3) is 5.91 Å². The zero-order valence-electron chi connectivity index (χ0n) is 17.5. The van der Waals surface area contributed by atoms with E-state index in [9.17, 15) is 9.59 Å². The van der Waals surface area contributed by atoms with Gasteiger partial charge in [0.05, 0.1) is 0 Å². The van der Waals surface area contributed by atoms with E-state index in [4.69, 9.17) is 4.74 Å². The molecule has 0 bridgehead atoms. The van der Waals surface area contributed by atoms with Crippen LogP contribution in [0, 0.1) is 0 Å². The molecule has 27 heavy (non-hydrogen) atoms. The molecule has 1 aliphatic heterocycles. The van der Waals surface area contributed by atoms with Crippen LogP contribution in [0.5, 0.6) is 0 Å². The monoisotopic (exact) mass is 375 g/mol. The Kier molecular flexibility index (Phi) is 6.73. The van der Waals surface area contributed by atoms with Crippen LogP contribution in [-0.2, 0) is 4.74 Å². The number of hydrogen-bond donors (Lipinski definition) is 0. The fourth-order valence-electron chi connectivity index (χ4n) is 3.24. The van der Waals surface area contributed by atoms with Gasteiger partial charge in [0, 0.05) is 50.0 Å². The normalized spacial score (nSPS) is 15.1. The fourth-order valence-corrected chi connectivity index (χ4v) is 3.24. The molecule has 0 saturated carbocycles. The van der Waals surface area contributed by atoms with Crippen LogP contribution in [0.2, 0.25) is 0 Å². The third kappa shape index (κ3) is 5.62. The maximum absolute atomic E-state index is 12.8. The summed E-state index contributed by atoms with van der Waals surface area (Å²) in [6, 6.07) is 8.21. The zero-order valence-corrected chi connectivity index (χ0v) is 17.5. The number of carbonyl (C=O) groups excluding carboxylic acids is 2. The van der Waals surface area contributed by atoms with Gasteiger partial charge in [-0.1, -0.05) is 0 Å². The number of nitrogens with zero attached hydrogens (tertiary/aromatic N) is 3. The average molecular weight is 376 g/mol. The number of carbonyl (C=O) groups is 2. The minimum atomic E-state index is -0.506. The highest BCUT2D eigenvalue weighted by Gasteiger charge is 2.28. The van der Waals surface area contributed by atoms with Gasteiger partial charge in [0.1, 0.15) is 5.60 Å². The predicted molar refractivity (Wildman–Crippen MR) is 108 cm³/mol. The molecule has 1 aliphatic rings. The van der Waals surface area contributed by atoms with Crippen LogP contribution < -0.4 is 4.90 Å². The van der Waals surface area contributed by atoms with Gasteiger partial charge in [-0.3, -0.25) is 4.79 Å². The van der Waals surface area contributed by atoms with Crippen molar-refractivity contribution in [3.05, 3.63) is 29.8 Å². The maximum atomic E-state index is 12.8. The van der Waals surface area contributed by atoms with Crippen LogP contribution in [0.15, 0.2) is 24.3 Å². The number of rotatable bonds is 4. The molecule has 2 rings (SSSR count). The summed E-state index contributed by atoms with van der Waals surface area (Å²) in [5.41, 5.74) is 1.30. The molecule has 0 radical (unpaired) electrons. The molecule has 0 aromatic heterocycles. The Hall–Kier alpha value is -2.24. The maximum Gasteiger partial charge on any atom is 0.410 e. The lowest BCUT2D eigenvalue weighted by Gasteiger charge is -2.35. The van der Waals surface area contributed by atoms with Gasteiger partial charge in [-0.05, 0) is 65.8 Å². The molecule has 1 fully saturated rings. The van der Waals surface area contributed by atoms with Crippen LogP contribution >= 0.6 is 0 Å². The highest BCUT2D eigenvalue weighted by molar-refractivity contribution is 5.94. The van der Waals surface area contributed by atoms with Crippen molar-refractivity contribution in [1.82, 2.24) is 9.80 Å². The molecule has 0 N–H and O–H groups in total. The van der Waals surface area contributed by atoms with Crippen molar-refractivity contribution in [3.8, 4) is 0 Å². The van der Waals surface area contributed by atoms with Crippen LogP contribution in [-0.4, -0.2) is 66.2 Å². The smallest absolute Gasteiger partial charge is 0.410 e. The van der Waals surface area contributed by atoms with E-state index in [2.05, 4.69) is 25.7 Å². The standard InChI is InChI=1S/C21H33N3O3/c1-7-24(16(2)3)18-10-8-17(9-11-18)19(25)22-12-14-23(15-13-22)20(26)27-21(4,5)6/h8-11,16H,7,12-15H2,1-6H3. The first-order chi connectivity index (χ1) is 12.6. The lowest BCUT2D eigenvalue weighted by Crippen LogP contribution is -2.51. The zero-order chi connectivity index (χ0) is 20.2. The number of hydrogen-bond acceptors (Lipinski definition) is 4. The van der Waals surface area contributed by atoms with E-state index in [0.717, 1.165) is 12.2 Å². The molecule has 1 aromatic carbocycles. The second-order valence-corrected chi connectivity index (χ2v) is 8.19. The van der Waals surface area contributed by atoms with Crippen molar-refractivity contribution >= 4 is 17.7 Å². The van der Waals surface area contributed by atoms with Crippen molar-refractivity contribution in [2.45, 2.75) is 53.2 Å². The third-order valence-corrected chi connectivity index (χ3v) is 4.63. The minimum Gasteiger partial charge on any atom is -0.444 e. The highest BCUT2D eigenvalue weighted by atomic mass is 16.6. The average Bonchev–Trinajstić information content (AvgIpc) is 2.61. The van der Waals surface area contributed by atoms with Gasteiger partial charge in [0.15, 0.2) is 0 Å². The minimum absolute atomic E-state index is 0.0120. The van der Waals surface area contributed by atoms with E-state index < -0.39 is 5.60 Å². The second-order valence-electron chi connectivity index (χ2n) is 8.19. The van der Waals surface area contributed by atoms with Crippen molar-refractivity contribution in [3.63, 3.8) is 0 Å². The first-order valence-electron chi connectivity index (χ1n) is 9.76. The number of anilines is 1.